The Hall–Kier alpha value is -0.610. The third kappa shape index (κ3) is 4.24. The Morgan fingerprint density at radius 2 is 2.08 bits per heavy atom. The molecule has 3 N–H and O–H groups in total. The van der Waals surface area contributed by atoms with E-state index in [1.165, 1.54) is 0 Å². The minimum atomic E-state index is -0.0843. The molecule has 0 radical (unpaired) electrons. The molecule has 0 spiro atoms. The molecule has 78 valence electrons. The van der Waals surface area contributed by atoms with Crippen molar-refractivity contribution < 1.29 is 4.79 Å². The summed E-state index contributed by atoms with van der Waals surface area (Å²) in [6.45, 7) is 5.48. The van der Waals surface area contributed by atoms with Crippen molar-refractivity contribution in [1.82, 2.24) is 10.2 Å². The fraction of sp³-hybridized carbons (Fsp3) is 0.889. The van der Waals surface area contributed by atoms with Gasteiger partial charge in [-0.1, -0.05) is 6.92 Å². The number of carbonyl (C=O) groups is 1. The van der Waals surface area contributed by atoms with Crippen LogP contribution in [0.3, 0.4) is 0 Å². The lowest BCUT2D eigenvalue weighted by molar-refractivity contribution is -0.125. The van der Waals surface area contributed by atoms with E-state index in [9.17, 15) is 4.79 Å². The molecule has 0 rings (SSSR count). The van der Waals surface area contributed by atoms with E-state index in [-0.39, 0.29) is 11.9 Å². The van der Waals surface area contributed by atoms with Crippen LogP contribution in [-0.2, 0) is 4.79 Å². The summed E-state index contributed by atoms with van der Waals surface area (Å²) in [5.74, 6) is 0.476. The molecule has 0 saturated carbocycles. The monoisotopic (exact) mass is 187 g/mol. The molecule has 13 heavy (non-hydrogen) atoms. The van der Waals surface area contributed by atoms with E-state index in [0.29, 0.717) is 12.5 Å². The Balaban J connectivity index is 3.95. The number of rotatable bonds is 5. The fourth-order valence-electron chi connectivity index (χ4n) is 1.13. The Kier molecular flexibility index (Phi) is 5.66. The van der Waals surface area contributed by atoms with Crippen molar-refractivity contribution in [3.63, 3.8) is 0 Å². The maximum Gasteiger partial charge on any atom is 0.236 e. The summed E-state index contributed by atoms with van der Waals surface area (Å²) >= 11 is 0. The van der Waals surface area contributed by atoms with Crippen LogP contribution in [0.1, 0.15) is 13.8 Å². The van der Waals surface area contributed by atoms with E-state index < -0.39 is 0 Å². The van der Waals surface area contributed by atoms with Crippen LogP contribution in [-0.4, -0.2) is 44.0 Å². The second kappa shape index (κ2) is 5.94. The predicted molar refractivity (Wildman–Crippen MR) is 54.4 cm³/mol. The zero-order chi connectivity index (χ0) is 10.4. The molecule has 0 aromatic heterocycles. The van der Waals surface area contributed by atoms with Crippen molar-refractivity contribution in [3.05, 3.63) is 0 Å². The van der Waals surface area contributed by atoms with Gasteiger partial charge in [-0.25, -0.2) is 0 Å². The van der Waals surface area contributed by atoms with Gasteiger partial charge in [0.15, 0.2) is 0 Å². The zero-order valence-corrected chi connectivity index (χ0v) is 9.00. The molecular formula is C9H21N3O. The number of likely N-dealkylation sites (N-methyl/N-ethyl adjacent to an activating group) is 2. The number of nitrogens with two attached hydrogens (primary N) is 1. The van der Waals surface area contributed by atoms with Gasteiger partial charge >= 0.3 is 0 Å². The van der Waals surface area contributed by atoms with Gasteiger partial charge in [-0.3, -0.25) is 9.69 Å². The van der Waals surface area contributed by atoms with Gasteiger partial charge in [0.1, 0.15) is 0 Å². The van der Waals surface area contributed by atoms with Gasteiger partial charge in [0.05, 0.1) is 6.04 Å². The number of nitrogens with zero attached hydrogens (tertiary/aromatic N) is 1. The Morgan fingerprint density at radius 3 is 2.46 bits per heavy atom. The molecule has 0 heterocycles. The van der Waals surface area contributed by atoms with E-state index in [2.05, 4.69) is 12.2 Å². The van der Waals surface area contributed by atoms with Crippen LogP contribution in [0, 0.1) is 5.92 Å². The first-order chi connectivity index (χ1) is 6.02. The largest absolute Gasteiger partial charge is 0.358 e. The highest BCUT2D eigenvalue weighted by molar-refractivity contribution is 5.80. The van der Waals surface area contributed by atoms with E-state index in [4.69, 9.17) is 5.73 Å². The van der Waals surface area contributed by atoms with E-state index in [0.717, 1.165) is 6.54 Å². The average molecular weight is 187 g/mol. The van der Waals surface area contributed by atoms with Gasteiger partial charge in [0.25, 0.3) is 0 Å². The lowest BCUT2D eigenvalue weighted by atomic mass is 10.1. The molecule has 4 heteroatoms. The molecule has 2 atom stereocenters. The summed E-state index contributed by atoms with van der Waals surface area (Å²) < 4.78 is 0. The third-order valence-corrected chi connectivity index (χ3v) is 2.29. The molecule has 2 unspecified atom stereocenters. The lowest BCUT2D eigenvalue weighted by Gasteiger charge is -2.25. The van der Waals surface area contributed by atoms with Crippen LogP contribution in [0.25, 0.3) is 0 Å². The maximum absolute atomic E-state index is 11.2. The summed E-state index contributed by atoms with van der Waals surface area (Å²) in [6, 6.07) is -0.0843. The average Bonchev–Trinajstić information content (AvgIpc) is 2.14. The molecular weight excluding hydrogens is 166 g/mol. The molecule has 0 aliphatic carbocycles. The van der Waals surface area contributed by atoms with Crippen LogP contribution < -0.4 is 11.1 Å². The molecule has 1 amide bonds. The first kappa shape index (κ1) is 12.4. The topological polar surface area (TPSA) is 58.4 Å². The van der Waals surface area contributed by atoms with E-state index in [1.54, 1.807) is 7.05 Å². The molecule has 0 aliphatic heterocycles. The predicted octanol–water partition coefficient (Wildman–Crippen LogP) is -0.352. The van der Waals surface area contributed by atoms with Crippen molar-refractivity contribution in [2.45, 2.75) is 19.9 Å². The summed E-state index contributed by atoms with van der Waals surface area (Å²) in [7, 11) is 3.59. The minimum absolute atomic E-state index is 0.0479. The maximum atomic E-state index is 11.2. The van der Waals surface area contributed by atoms with Gasteiger partial charge in [-0.15, -0.1) is 0 Å². The summed E-state index contributed by atoms with van der Waals surface area (Å²) in [5.41, 5.74) is 5.50. The second-order valence-electron chi connectivity index (χ2n) is 3.57. The summed E-state index contributed by atoms with van der Waals surface area (Å²) in [5, 5.41) is 2.63. The highest BCUT2D eigenvalue weighted by Crippen LogP contribution is 2.00. The first-order valence-electron chi connectivity index (χ1n) is 4.64. The van der Waals surface area contributed by atoms with Gasteiger partial charge < -0.3 is 11.1 Å². The zero-order valence-electron chi connectivity index (χ0n) is 9.00. The van der Waals surface area contributed by atoms with E-state index in [1.807, 2.05) is 18.9 Å². The van der Waals surface area contributed by atoms with Crippen LogP contribution >= 0.6 is 0 Å². The fourth-order valence-corrected chi connectivity index (χ4v) is 1.13. The van der Waals surface area contributed by atoms with Crippen molar-refractivity contribution in [2.24, 2.45) is 11.7 Å². The summed E-state index contributed by atoms with van der Waals surface area (Å²) in [6.07, 6.45) is 0. The molecule has 4 nitrogen and oxygen atoms in total. The third-order valence-electron chi connectivity index (χ3n) is 2.29. The van der Waals surface area contributed by atoms with Gasteiger partial charge in [-0.2, -0.15) is 0 Å². The lowest BCUT2D eigenvalue weighted by Crippen LogP contribution is -2.44. The van der Waals surface area contributed by atoms with Crippen LogP contribution in [0.5, 0.6) is 0 Å². The van der Waals surface area contributed by atoms with Crippen molar-refractivity contribution in [1.29, 1.82) is 0 Å². The van der Waals surface area contributed by atoms with Crippen LogP contribution in [0.15, 0.2) is 0 Å². The molecule has 0 aromatic rings. The Bertz CT molecular complexity index is 161. The number of nitrogens with one attached hydrogen (secondary N) is 1. The second-order valence-corrected chi connectivity index (χ2v) is 3.57. The Morgan fingerprint density at radius 1 is 1.54 bits per heavy atom. The molecule has 0 bridgehead atoms. The van der Waals surface area contributed by atoms with Crippen LogP contribution in [0.4, 0.5) is 0 Å². The minimum Gasteiger partial charge on any atom is -0.358 e. The van der Waals surface area contributed by atoms with Crippen LogP contribution in [0.2, 0.25) is 0 Å². The van der Waals surface area contributed by atoms with Crippen molar-refractivity contribution >= 4 is 5.91 Å². The number of amides is 1. The molecule has 0 aromatic carbocycles. The number of carbonyl (C=O) groups excluding carboxylic acids is 1. The Labute approximate surface area is 80.5 Å². The molecule has 0 aliphatic rings. The van der Waals surface area contributed by atoms with Crippen molar-refractivity contribution in [2.75, 3.05) is 27.2 Å². The van der Waals surface area contributed by atoms with Crippen molar-refractivity contribution in [3.8, 4) is 0 Å². The highest BCUT2D eigenvalue weighted by atomic mass is 16.2. The SMILES string of the molecule is CNC(=O)C(C)N(C)CC(C)CN. The smallest absolute Gasteiger partial charge is 0.236 e. The summed E-state index contributed by atoms with van der Waals surface area (Å²) in [4.78, 5) is 13.2. The molecule has 0 fully saturated rings. The van der Waals surface area contributed by atoms with Gasteiger partial charge in [-0.05, 0) is 26.4 Å². The first-order valence-corrected chi connectivity index (χ1v) is 4.64. The number of hydrogen-bond donors (Lipinski definition) is 2. The van der Waals surface area contributed by atoms with Gasteiger partial charge in [0.2, 0.25) is 5.91 Å². The normalized spacial score (nSPS) is 15.5. The molecule has 0 saturated heterocycles. The van der Waals surface area contributed by atoms with E-state index >= 15 is 0 Å². The number of hydrogen-bond acceptors (Lipinski definition) is 3. The van der Waals surface area contributed by atoms with Gasteiger partial charge in [0, 0.05) is 13.6 Å². The standard InChI is InChI=1S/C9H21N3O/c1-7(5-10)6-12(4)8(2)9(13)11-3/h7-8H,5-6,10H2,1-4H3,(H,11,13). The quantitative estimate of drug-likeness (QED) is 0.618. The highest BCUT2D eigenvalue weighted by Gasteiger charge is 2.17.